The summed E-state index contributed by atoms with van der Waals surface area (Å²) in [7, 11) is 0. The quantitative estimate of drug-likeness (QED) is 0.698. The summed E-state index contributed by atoms with van der Waals surface area (Å²) < 4.78 is 0. The molecule has 1 aromatic heterocycles. The average molecular weight is 199 g/mol. The molecule has 0 aliphatic rings. The SMILES string of the molecule is CC(C)(C)NC(=S)c1cccs1. The molecule has 0 radical (unpaired) electrons. The normalized spacial score (nSPS) is 11.2. The van der Waals surface area contributed by atoms with E-state index >= 15 is 0 Å². The van der Waals surface area contributed by atoms with Gasteiger partial charge in [0, 0.05) is 5.54 Å². The van der Waals surface area contributed by atoms with Crippen molar-refractivity contribution in [2.45, 2.75) is 26.3 Å². The van der Waals surface area contributed by atoms with Gasteiger partial charge in [-0.1, -0.05) is 18.3 Å². The maximum Gasteiger partial charge on any atom is 0.117 e. The fourth-order valence-corrected chi connectivity index (χ4v) is 1.95. The molecule has 1 N–H and O–H groups in total. The molecule has 1 aromatic rings. The lowest BCUT2D eigenvalue weighted by atomic mass is 10.1. The molecule has 0 amide bonds. The lowest BCUT2D eigenvalue weighted by Gasteiger charge is -2.21. The molecule has 0 saturated carbocycles. The topological polar surface area (TPSA) is 12.0 Å². The van der Waals surface area contributed by atoms with Gasteiger partial charge in [-0.05, 0) is 32.2 Å². The van der Waals surface area contributed by atoms with Gasteiger partial charge in [-0.3, -0.25) is 0 Å². The predicted molar refractivity (Wildman–Crippen MR) is 58.9 cm³/mol. The molecule has 1 heterocycles. The van der Waals surface area contributed by atoms with E-state index in [4.69, 9.17) is 12.2 Å². The van der Waals surface area contributed by atoms with Crippen LogP contribution < -0.4 is 5.32 Å². The van der Waals surface area contributed by atoms with Crippen molar-refractivity contribution in [2.24, 2.45) is 0 Å². The van der Waals surface area contributed by atoms with Crippen molar-refractivity contribution >= 4 is 28.5 Å². The van der Waals surface area contributed by atoms with E-state index in [1.54, 1.807) is 11.3 Å². The van der Waals surface area contributed by atoms with Crippen LogP contribution in [0.4, 0.5) is 0 Å². The van der Waals surface area contributed by atoms with Gasteiger partial charge in [-0.15, -0.1) is 11.3 Å². The summed E-state index contributed by atoms with van der Waals surface area (Å²) in [5.41, 5.74) is 0.0566. The van der Waals surface area contributed by atoms with Crippen molar-refractivity contribution in [3.63, 3.8) is 0 Å². The molecule has 0 saturated heterocycles. The number of hydrogen-bond donors (Lipinski definition) is 1. The Balaban J connectivity index is 2.63. The van der Waals surface area contributed by atoms with Gasteiger partial charge in [-0.25, -0.2) is 0 Å². The van der Waals surface area contributed by atoms with Crippen LogP contribution >= 0.6 is 23.6 Å². The second kappa shape index (κ2) is 3.54. The van der Waals surface area contributed by atoms with Crippen LogP contribution in [-0.4, -0.2) is 10.5 Å². The molecule has 1 rings (SSSR count). The highest BCUT2D eigenvalue weighted by atomic mass is 32.1. The minimum atomic E-state index is 0.0566. The fraction of sp³-hybridized carbons (Fsp3) is 0.444. The largest absolute Gasteiger partial charge is 0.371 e. The summed E-state index contributed by atoms with van der Waals surface area (Å²) in [6, 6.07) is 4.04. The van der Waals surface area contributed by atoms with Gasteiger partial charge in [0.2, 0.25) is 0 Å². The zero-order valence-electron chi connectivity index (χ0n) is 7.55. The Morgan fingerprint density at radius 1 is 1.50 bits per heavy atom. The highest BCUT2D eigenvalue weighted by molar-refractivity contribution is 7.81. The van der Waals surface area contributed by atoms with Crippen molar-refractivity contribution in [3.05, 3.63) is 22.4 Å². The lowest BCUT2D eigenvalue weighted by molar-refractivity contribution is 0.516. The third kappa shape index (κ3) is 2.91. The first-order valence-electron chi connectivity index (χ1n) is 3.85. The van der Waals surface area contributed by atoms with E-state index in [9.17, 15) is 0 Å². The van der Waals surface area contributed by atoms with Crippen molar-refractivity contribution in [2.75, 3.05) is 0 Å². The van der Waals surface area contributed by atoms with E-state index < -0.39 is 0 Å². The number of nitrogens with one attached hydrogen (secondary N) is 1. The number of thiocarbonyl (C=S) groups is 1. The third-order valence-corrected chi connectivity index (χ3v) is 2.57. The van der Waals surface area contributed by atoms with Crippen LogP contribution in [0.1, 0.15) is 25.6 Å². The molecule has 0 aromatic carbocycles. The molecular weight excluding hydrogens is 186 g/mol. The maximum absolute atomic E-state index is 5.22. The highest BCUT2D eigenvalue weighted by Gasteiger charge is 2.12. The highest BCUT2D eigenvalue weighted by Crippen LogP contribution is 2.11. The average Bonchev–Trinajstić information content (AvgIpc) is 2.32. The van der Waals surface area contributed by atoms with Crippen LogP contribution in [0.5, 0.6) is 0 Å². The van der Waals surface area contributed by atoms with Gasteiger partial charge >= 0.3 is 0 Å². The molecule has 0 aliphatic carbocycles. The van der Waals surface area contributed by atoms with E-state index in [2.05, 4.69) is 26.1 Å². The van der Waals surface area contributed by atoms with Crippen LogP contribution in [0.3, 0.4) is 0 Å². The molecule has 0 spiro atoms. The van der Waals surface area contributed by atoms with Crippen molar-refractivity contribution < 1.29 is 0 Å². The molecule has 3 heteroatoms. The van der Waals surface area contributed by atoms with E-state index in [0.29, 0.717) is 0 Å². The zero-order chi connectivity index (χ0) is 9.19. The van der Waals surface area contributed by atoms with E-state index in [0.717, 1.165) is 9.87 Å². The molecule has 0 unspecified atom stereocenters. The van der Waals surface area contributed by atoms with Gasteiger partial charge in [0.25, 0.3) is 0 Å². The molecule has 0 bridgehead atoms. The second-order valence-electron chi connectivity index (χ2n) is 3.68. The lowest BCUT2D eigenvalue weighted by Crippen LogP contribution is -2.39. The summed E-state index contributed by atoms with van der Waals surface area (Å²) >= 11 is 6.89. The third-order valence-electron chi connectivity index (χ3n) is 1.23. The van der Waals surface area contributed by atoms with Crippen molar-refractivity contribution in [1.82, 2.24) is 5.32 Å². The smallest absolute Gasteiger partial charge is 0.117 e. The minimum Gasteiger partial charge on any atom is -0.371 e. The summed E-state index contributed by atoms with van der Waals surface area (Å²) in [5, 5.41) is 5.30. The molecule has 0 fully saturated rings. The molecule has 12 heavy (non-hydrogen) atoms. The first-order valence-corrected chi connectivity index (χ1v) is 5.14. The molecular formula is C9H13NS2. The van der Waals surface area contributed by atoms with Crippen LogP contribution in [-0.2, 0) is 0 Å². The summed E-state index contributed by atoms with van der Waals surface area (Å²) in [6.45, 7) is 6.31. The zero-order valence-corrected chi connectivity index (χ0v) is 9.18. The van der Waals surface area contributed by atoms with Crippen LogP contribution in [0.2, 0.25) is 0 Å². The van der Waals surface area contributed by atoms with Crippen LogP contribution in [0, 0.1) is 0 Å². The van der Waals surface area contributed by atoms with Gasteiger partial charge in [0.15, 0.2) is 0 Å². The van der Waals surface area contributed by atoms with Crippen molar-refractivity contribution in [3.8, 4) is 0 Å². The van der Waals surface area contributed by atoms with Gasteiger partial charge in [-0.2, -0.15) is 0 Å². The number of hydrogen-bond acceptors (Lipinski definition) is 2. The van der Waals surface area contributed by atoms with Gasteiger partial charge in [0.1, 0.15) is 4.99 Å². The summed E-state index contributed by atoms with van der Waals surface area (Å²) in [5.74, 6) is 0. The number of thiophene rings is 1. The monoisotopic (exact) mass is 199 g/mol. The van der Waals surface area contributed by atoms with E-state index in [1.807, 2.05) is 17.5 Å². The van der Waals surface area contributed by atoms with Crippen LogP contribution in [0.15, 0.2) is 17.5 Å². The first kappa shape index (κ1) is 9.68. The molecule has 66 valence electrons. The molecule has 0 aliphatic heterocycles. The van der Waals surface area contributed by atoms with Gasteiger partial charge in [0.05, 0.1) is 4.88 Å². The Kier molecular flexibility index (Phi) is 2.85. The maximum atomic E-state index is 5.22. The Morgan fingerprint density at radius 2 is 2.17 bits per heavy atom. The molecule has 1 nitrogen and oxygen atoms in total. The van der Waals surface area contributed by atoms with Crippen LogP contribution in [0.25, 0.3) is 0 Å². The van der Waals surface area contributed by atoms with Crippen molar-refractivity contribution in [1.29, 1.82) is 0 Å². The fourth-order valence-electron chi connectivity index (χ4n) is 0.810. The standard InChI is InChI=1S/C9H13NS2/c1-9(2,3)10-8(11)7-5-4-6-12-7/h4-6H,1-3H3,(H,10,11). The Bertz CT molecular complexity index is 257. The molecule has 0 atom stereocenters. The Morgan fingerprint density at radius 3 is 2.58 bits per heavy atom. The summed E-state index contributed by atoms with van der Waals surface area (Å²) in [6.07, 6.45) is 0. The van der Waals surface area contributed by atoms with Gasteiger partial charge < -0.3 is 5.32 Å². The van der Waals surface area contributed by atoms with E-state index in [1.165, 1.54) is 0 Å². The predicted octanol–water partition coefficient (Wildman–Crippen LogP) is 2.81. The Labute approximate surface area is 82.8 Å². The Hall–Kier alpha value is -0.410. The minimum absolute atomic E-state index is 0.0566. The number of rotatable bonds is 1. The first-order chi connectivity index (χ1) is 5.49. The van der Waals surface area contributed by atoms with E-state index in [-0.39, 0.29) is 5.54 Å². The second-order valence-corrected chi connectivity index (χ2v) is 5.04. The summed E-state index contributed by atoms with van der Waals surface area (Å²) in [4.78, 5) is 1.98.